The number of aromatic nitrogens is 3. The van der Waals surface area contributed by atoms with E-state index in [0.717, 1.165) is 38.3 Å². The van der Waals surface area contributed by atoms with Crippen LogP contribution in [0.4, 0.5) is 5.82 Å². The summed E-state index contributed by atoms with van der Waals surface area (Å²) in [7, 11) is 0. The fourth-order valence-corrected chi connectivity index (χ4v) is 3.15. The molecule has 6 nitrogen and oxygen atoms in total. The molecule has 128 valence electrons. The van der Waals surface area contributed by atoms with Gasteiger partial charge in [-0.2, -0.15) is 0 Å². The maximum absolute atomic E-state index is 12.4. The van der Waals surface area contributed by atoms with Gasteiger partial charge in [0.15, 0.2) is 0 Å². The molecular formula is C17H22ClN5O. The molecule has 0 saturated carbocycles. The molecule has 0 radical (unpaired) electrons. The number of hydrogen-bond acceptors (Lipinski definition) is 4. The van der Waals surface area contributed by atoms with E-state index in [1.807, 2.05) is 29.8 Å². The van der Waals surface area contributed by atoms with Crippen LogP contribution in [-0.4, -0.2) is 39.6 Å². The highest BCUT2D eigenvalue weighted by Crippen LogP contribution is 2.23. The van der Waals surface area contributed by atoms with Crippen molar-refractivity contribution >= 4 is 23.3 Å². The molecule has 7 heteroatoms. The lowest BCUT2D eigenvalue weighted by Gasteiger charge is -2.32. The van der Waals surface area contributed by atoms with Crippen LogP contribution in [0.15, 0.2) is 37.1 Å². The van der Waals surface area contributed by atoms with Gasteiger partial charge in [-0.25, -0.2) is 9.97 Å². The van der Waals surface area contributed by atoms with E-state index in [4.69, 9.17) is 11.6 Å². The molecule has 3 rings (SSSR count). The molecule has 1 unspecified atom stereocenters. The average Bonchev–Trinajstić information content (AvgIpc) is 3.08. The van der Waals surface area contributed by atoms with Crippen molar-refractivity contribution in [3.05, 3.63) is 42.1 Å². The maximum atomic E-state index is 12.4. The van der Waals surface area contributed by atoms with Crippen LogP contribution in [-0.2, 0) is 11.3 Å². The van der Waals surface area contributed by atoms with E-state index in [2.05, 4.69) is 20.2 Å². The van der Waals surface area contributed by atoms with Crippen molar-refractivity contribution in [1.82, 2.24) is 19.9 Å². The number of imidazole rings is 1. The Bertz CT molecular complexity index is 650. The van der Waals surface area contributed by atoms with Gasteiger partial charge in [0.05, 0.1) is 11.3 Å². The first-order valence-electron chi connectivity index (χ1n) is 8.24. The fraction of sp³-hybridized carbons (Fsp3) is 0.471. The van der Waals surface area contributed by atoms with E-state index in [9.17, 15) is 4.79 Å². The SMILES string of the molecule is CC(Cn1ccnc1)NC(=O)C1CCN(c2ccc(Cl)cn2)CC1. The lowest BCUT2D eigenvalue weighted by molar-refractivity contribution is -0.126. The monoisotopic (exact) mass is 347 g/mol. The Kier molecular flexibility index (Phi) is 5.35. The summed E-state index contributed by atoms with van der Waals surface area (Å²) in [4.78, 5) is 23.0. The Labute approximate surface area is 146 Å². The number of hydrogen-bond donors (Lipinski definition) is 1. The van der Waals surface area contributed by atoms with Crippen molar-refractivity contribution in [2.75, 3.05) is 18.0 Å². The van der Waals surface area contributed by atoms with Gasteiger partial charge in [-0.15, -0.1) is 0 Å². The average molecular weight is 348 g/mol. The van der Waals surface area contributed by atoms with E-state index in [-0.39, 0.29) is 17.9 Å². The van der Waals surface area contributed by atoms with E-state index in [1.54, 1.807) is 18.7 Å². The molecule has 1 aliphatic rings. The number of pyridine rings is 1. The van der Waals surface area contributed by atoms with Crippen molar-refractivity contribution in [3.8, 4) is 0 Å². The van der Waals surface area contributed by atoms with Gasteiger partial charge in [-0.1, -0.05) is 11.6 Å². The second-order valence-corrected chi connectivity index (χ2v) is 6.70. The van der Waals surface area contributed by atoms with Gasteiger partial charge in [0.1, 0.15) is 5.82 Å². The fourth-order valence-electron chi connectivity index (χ4n) is 3.04. The van der Waals surface area contributed by atoms with Crippen molar-refractivity contribution in [2.24, 2.45) is 5.92 Å². The highest BCUT2D eigenvalue weighted by molar-refractivity contribution is 6.30. The minimum Gasteiger partial charge on any atom is -0.357 e. The van der Waals surface area contributed by atoms with Gasteiger partial charge in [0.2, 0.25) is 5.91 Å². The van der Waals surface area contributed by atoms with Crippen molar-refractivity contribution < 1.29 is 4.79 Å². The van der Waals surface area contributed by atoms with Gasteiger partial charge in [0, 0.05) is 50.2 Å². The molecule has 0 spiro atoms. The second kappa shape index (κ2) is 7.66. The number of amides is 1. The molecule has 1 fully saturated rings. The minimum atomic E-state index is 0.0683. The van der Waals surface area contributed by atoms with Crippen LogP contribution in [0.3, 0.4) is 0 Å². The topological polar surface area (TPSA) is 63.1 Å². The van der Waals surface area contributed by atoms with Crippen molar-refractivity contribution in [1.29, 1.82) is 0 Å². The van der Waals surface area contributed by atoms with Gasteiger partial charge in [0.25, 0.3) is 0 Å². The molecule has 0 bridgehead atoms. The molecule has 1 amide bonds. The van der Waals surface area contributed by atoms with Crippen LogP contribution < -0.4 is 10.2 Å². The molecule has 1 aliphatic heterocycles. The first kappa shape index (κ1) is 16.8. The molecule has 24 heavy (non-hydrogen) atoms. The zero-order valence-corrected chi connectivity index (χ0v) is 14.5. The summed E-state index contributed by atoms with van der Waals surface area (Å²) >= 11 is 5.87. The molecule has 3 heterocycles. The Morgan fingerprint density at radius 3 is 2.83 bits per heavy atom. The normalized spacial score (nSPS) is 16.8. The van der Waals surface area contributed by atoms with E-state index < -0.39 is 0 Å². The summed E-state index contributed by atoms with van der Waals surface area (Å²) in [5.41, 5.74) is 0. The predicted octanol–water partition coefficient (Wildman–Crippen LogP) is 2.35. The van der Waals surface area contributed by atoms with E-state index in [0.29, 0.717) is 5.02 Å². The van der Waals surface area contributed by atoms with Crippen LogP contribution in [0, 0.1) is 5.92 Å². The first-order valence-corrected chi connectivity index (χ1v) is 8.62. The molecule has 1 atom stereocenters. The number of rotatable bonds is 5. The zero-order valence-electron chi connectivity index (χ0n) is 13.7. The number of nitrogens with zero attached hydrogens (tertiary/aromatic N) is 4. The molecule has 0 aromatic carbocycles. The number of piperidine rings is 1. The lowest BCUT2D eigenvalue weighted by atomic mass is 9.95. The van der Waals surface area contributed by atoms with Crippen LogP contribution in [0.5, 0.6) is 0 Å². The summed E-state index contributed by atoms with van der Waals surface area (Å²) < 4.78 is 1.97. The quantitative estimate of drug-likeness (QED) is 0.901. The summed E-state index contributed by atoms with van der Waals surface area (Å²) in [6, 6.07) is 3.86. The number of carbonyl (C=O) groups is 1. The zero-order chi connectivity index (χ0) is 16.9. The third-order valence-electron chi connectivity index (χ3n) is 4.33. The Morgan fingerprint density at radius 1 is 1.42 bits per heavy atom. The maximum Gasteiger partial charge on any atom is 0.223 e. The number of halogens is 1. The molecule has 2 aromatic heterocycles. The first-order chi connectivity index (χ1) is 11.6. The Balaban J connectivity index is 1.47. The smallest absolute Gasteiger partial charge is 0.223 e. The molecule has 1 saturated heterocycles. The van der Waals surface area contributed by atoms with Crippen LogP contribution in [0.25, 0.3) is 0 Å². The number of carbonyl (C=O) groups excluding carboxylic acids is 1. The second-order valence-electron chi connectivity index (χ2n) is 6.27. The molecular weight excluding hydrogens is 326 g/mol. The summed E-state index contributed by atoms with van der Waals surface area (Å²) in [5, 5.41) is 3.75. The van der Waals surface area contributed by atoms with Gasteiger partial charge in [-0.3, -0.25) is 4.79 Å². The Hall–Kier alpha value is -2.08. The molecule has 0 aliphatic carbocycles. The lowest BCUT2D eigenvalue weighted by Crippen LogP contribution is -2.44. The van der Waals surface area contributed by atoms with Crippen LogP contribution in [0.1, 0.15) is 19.8 Å². The summed E-state index contributed by atoms with van der Waals surface area (Å²) in [5.74, 6) is 1.14. The molecule has 1 N–H and O–H groups in total. The number of anilines is 1. The minimum absolute atomic E-state index is 0.0683. The number of nitrogens with one attached hydrogen (secondary N) is 1. The van der Waals surface area contributed by atoms with E-state index in [1.165, 1.54) is 0 Å². The molecule has 2 aromatic rings. The summed E-state index contributed by atoms with van der Waals surface area (Å²) in [6.07, 6.45) is 8.75. The van der Waals surface area contributed by atoms with Crippen LogP contribution >= 0.6 is 11.6 Å². The highest BCUT2D eigenvalue weighted by atomic mass is 35.5. The predicted molar refractivity (Wildman–Crippen MR) is 94.0 cm³/mol. The third kappa shape index (κ3) is 4.26. The highest BCUT2D eigenvalue weighted by Gasteiger charge is 2.26. The van der Waals surface area contributed by atoms with E-state index >= 15 is 0 Å². The van der Waals surface area contributed by atoms with Gasteiger partial charge < -0.3 is 14.8 Å². The van der Waals surface area contributed by atoms with Gasteiger partial charge in [-0.05, 0) is 31.9 Å². The van der Waals surface area contributed by atoms with Gasteiger partial charge >= 0.3 is 0 Å². The largest absolute Gasteiger partial charge is 0.357 e. The van der Waals surface area contributed by atoms with Crippen molar-refractivity contribution in [2.45, 2.75) is 32.4 Å². The van der Waals surface area contributed by atoms with Crippen molar-refractivity contribution in [3.63, 3.8) is 0 Å². The summed E-state index contributed by atoms with van der Waals surface area (Å²) in [6.45, 7) is 4.43. The third-order valence-corrected chi connectivity index (χ3v) is 4.56. The van der Waals surface area contributed by atoms with Crippen LogP contribution in [0.2, 0.25) is 5.02 Å². The Morgan fingerprint density at radius 2 is 2.21 bits per heavy atom. The standard InChI is InChI=1S/C17H22ClN5O/c1-13(11-22-9-6-19-12-22)21-17(24)14-4-7-23(8-5-14)16-3-2-15(18)10-20-16/h2-3,6,9-10,12-14H,4-5,7-8,11H2,1H3,(H,21,24).